The molecule has 0 bridgehead atoms. The van der Waals surface area contributed by atoms with Crippen LogP contribution in [0.3, 0.4) is 0 Å². The van der Waals surface area contributed by atoms with E-state index in [0.29, 0.717) is 12.0 Å². The SMILES string of the molecule is C=CCc1cccc(C(F)(F)F)c1.CC.CC.CC. The molecule has 0 aromatic heterocycles. The Bertz CT molecular complexity index is 301. The van der Waals surface area contributed by atoms with Crippen LogP contribution in [-0.2, 0) is 12.6 Å². The van der Waals surface area contributed by atoms with Gasteiger partial charge in [-0.1, -0.05) is 65.8 Å². The molecule has 0 nitrogen and oxygen atoms in total. The van der Waals surface area contributed by atoms with E-state index in [1.807, 2.05) is 41.5 Å². The smallest absolute Gasteiger partial charge is 0.166 e. The number of halogens is 3. The average Bonchev–Trinajstić information content (AvgIpc) is 2.45. The summed E-state index contributed by atoms with van der Waals surface area (Å²) in [4.78, 5) is 0. The minimum atomic E-state index is -4.25. The van der Waals surface area contributed by atoms with Crippen molar-refractivity contribution in [3.05, 3.63) is 48.0 Å². The highest BCUT2D eigenvalue weighted by molar-refractivity contribution is 5.26. The Morgan fingerprint density at radius 3 is 1.84 bits per heavy atom. The van der Waals surface area contributed by atoms with Gasteiger partial charge >= 0.3 is 6.18 Å². The molecule has 1 aromatic carbocycles. The summed E-state index contributed by atoms with van der Waals surface area (Å²) in [7, 11) is 0. The molecule has 0 saturated carbocycles. The van der Waals surface area contributed by atoms with Gasteiger partial charge in [-0.3, -0.25) is 0 Å². The Kier molecular flexibility index (Phi) is 17.8. The average molecular weight is 276 g/mol. The fourth-order valence-electron chi connectivity index (χ4n) is 1.04. The van der Waals surface area contributed by atoms with Crippen molar-refractivity contribution in [2.75, 3.05) is 0 Å². The molecule has 0 aliphatic rings. The Labute approximate surface area is 116 Å². The van der Waals surface area contributed by atoms with E-state index >= 15 is 0 Å². The lowest BCUT2D eigenvalue weighted by molar-refractivity contribution is -0.137. The molecule has 0 heterocycles. The molecule has 0 atom stereocenters. The van der Waals surface area contributed by atoms with Gasteiger partial charge in [-0.05, 0) is 18.1 Å². The second kappa shape index (κ2) is 14.8. The summed E-state index contributed by atoms with van der Waals surface area (Å²) >= 11 is 0. The van der Waals surface area contributed by atoms with Crippen LogP contribution in [0.25, 0.3) is 0 Å². The lowest BCUT2D eigenvalue weighted by atomic mass is 10.1. The molecular formula is C16H27F3. The van der Waals surface area contributed by atoms with E-state index < -0.39 is 11.7 Å². The van der Waals surface area contributed by atoms with Gasteiger partial charge in [0, 0.05) is 0 Å². The molecule has 1 rings (SSSR count). The van der Waals surface area contributed by atoms with Crippen LogP contribution in [0.4, 0.5) is 13.2 Å². The molecular weight excluding hydrogens is 249 g/mol. The van der Waals surface area contributed by atoms with E-state index in [1.54, 1.807) is 12.1 Å². The molecule has 0 N–H and O–H groups in total. The number of hydrogen-bond acceptors (Lipinski definition) is 0. The van der Waals surface area contributed by atoms with E-state index in [2.05, 4.69) is 6.58 Å². The Balaban J connectivity index is -0.000000375. The Hall–Kier alpha value is -1.25. The van der Waals surface area contributed by atoms with Crippen LogP contribution in [0.15, 0.2) is 36.9 Å². The van der Waals surface area contributed by atoms with Crippen LogP contribution in [0.5, 0.6) is 0 Å². The molecule has 1 aromatic rings. The molecule has 0 saturated heterocycles. The fourth-order valence-corrected chi connectivity index (χ4v) is 1.04. The summed E-state index contributed by atoms with van der Waals surface area (Å²) in [6.45, 7) is 15.5. The summed E-state index contributed by atoms with van der Waals surface area (Å²) in [6.07, 6.45) is -2.21. The van der Waals surface area contributed by atoms with Crippen molar-refractivity contribution in [2.45, 2.75) is 54.1 Å². The van der Waals surface area contributed by atoms with Crippen LogP contribution < -0.4 is 0 Å². The summed E-state index contributed by atoms with van der Waals surface area (Å²) in [5, 5.41) is 0. The van der Waals surface area contributed by atoms with E-state index in [-0.39, 0.29) is 0 Å². The number of allylic oxidation sites excluding steroid dienone is 1. The zero-order valence-electron chi connectivity index (χ0n) is 12.9. The Morgan fingerprint density at radius 1 is 1.00 bits per heavy atom. The molecule has 0 amide bonds. The monoisotopic (exact) mass is 276 g/mol. The molecule has 0 unspecified atom stereocenters. The number of hydrogen-bond donors (Lipinski definition) is 0. The maximum absolute atomic E-state index is 12.2. The standard InChI is InChI=1S/C10H9F3.3C2H6/c1-2-4-8-5-3-6-9(7-8)10(11,12)13;3*1-2/h2-3,5-7H,1,4H2;3*1-2H3. The van der Waals surface area contributed by atoms with Crippen LogP contribution in [0, 0.1) is 0 Å². The van der Waals surface area contributed by atoms with Crippen LogP contribution in [-0.4, -0.2) is 0 Å². The summed E-state index contributed by atoms with van der Waals surface area (Å²) in [5.41, 5.74) is 0.0247. The lowest BCUT2D eigenvalue weighted by Crippen LogP contribution is -2.04. The Morgan fingerprint density at radius 2 is 1.47 bits per heavy atom. The minimum Gasteiger partial charge on any atom is -0.166 e. The van der Waals surface area contributed by atoms with Gasteiger partial charge < -0.3 is 0 Å². The van der Waals surface area contributed by atoms with Crippen molar-refractivity contribution in [3.8, 4) is 0 Å². The van der Waals surface area contributed by atoms with Gasteiger partial charge in [-0.15, -0.1) is 6.58 Å². The van der Waals surface area contributed by atoms with Crippen molar-refractivity contribution in [1.82, 2.24) is 0 Å². The van der Waals surface area contributed by atoms with E-state index in [1.165, 1.54) is 6.07 Å². The van der Waals surface area contributed by atoms with Crippen LogP contribution in [0.1, 0.15) is 52.7 Å². The maximum atomic E-state index is 12.2. The minimum absolute atomic E-state index is 0.462. The molecule has 0 spiro atoms. The third-order valence-electron chi connectivity index (χ3n) is 1.63. The lowest BCUT2D eigenvalue weighted by Gasteiger charge is -2.07. The quantitative estimate of drug-likeness (QED) is 0.540. The van der Waals surface area contributed by atoms with Crippen LogP contribution >= 0.6 is 0 Å². The highest BCUT2D eigenvalue weighted by atomic mass is 19.4. The third kappa shape index (κ3) is 11.6. The first kappa shape index (κ1) is 22.9. The number of rotatable bonds is 2. The van der Waals surface area contributed by atoms with E-state index in [4.69, 9.17) is 0 Å². The van der Waals surface area contributed by atoms with E-state index in [0.717, 1.165) is 12.1 Å². The van der Waals surface area contributed by atoms with Crippen molar-refractivity contribution in [3.63, 3.8) is 0 Å². The van der Waals surface area contributed by atoms with Gasteiger partial charge in [-0.25, -0.2) is 0 Å². The molecule has 3 heteroatoms. The van der Waals surface area contributed by atoms with Crippen molar-refractivity contribution in [2.24, 2.45) is 0 Å². The largest absolute Gasteiger partial charge is 0.416 e. The van der Waals surface area contributed by atoms with Gasteiger partial charge in [0.2, 0.25) is 0 Å². The molecule has 0 radical (unpaired) electrons. The normalized spacial score (nSPS) is 8.68. The topological polar surface area (TPSA) is 0 Å². The van der Waals surface area contributed by atoms with Gasteiger partial charge in [-0.2, -0.15) is 13.2 Å². The predicted octanol–water partition coefficient (Wildman–Crippen LogP) is 6.51. The third-order valence-corrected chi connectivity index (χ3v) is 1.63. The summed E-state index contributed by atoms with van der Waals surface area (Å²) in [6, 6.07) is 5.26. The van der Waals surface area contributed by atoms with Gasteiger partial charge in [0.1, 0.15) is 0 Å². The number of benzene rings is 1. The highest BCUT2D eigenvalue weighted by Gasteiger charge is 2.30. The van der Waals surface area contributed by atoms with Crippen molar-refractivity contribution >= 4 is 0 Å². The zero-order valence-corrected chi connectivity index (χ0v) is 12.9. The molecule has 19 heavy (non-hydrogen) atoms. The van der Waals surface area contributed by atoms with Gasteiger partial charge in [0.15, 0.2) is 0 Å². The first-order valence-corrected chi connectivity index (χ1v) is 6.81. The summed E-state index contributed by atoms with van der Waals surface area (Å²) in [5.74, 6) is 0. The van der Waals surface area contributed by atoms with Crippen molar-refractivity contribution < 1.29 is 13.2 Å². The molecule has 0 fully saturated rings. The fraction of sp³-hybridized carbons (Fsp3) is 0.500. The first-order valence-electron chi connectivity index (χ1n) is 6.81. The van der Waals surface area contributed by atoms with Crippen molar-refractivity contribution in [1.29, 1.82) is 0 Å². The molecule has 0 aliphatic heterocycles. The maximum Gasteiger partial charge on any atom is 0.416 e. The molecule has 0 aliphatic carbocycles. The van der Waals surface area contributed by atoms with Gasteiger partial charge in [0.25, 0.3) is 0 Å². The highest BCUT2D eigenvalue weighted by Crippen LogP contribution is 2.29. The second-order valence-corrected chi connectivity index (χ2v) is 2.69. The van der Waals surface area contributed by atoms with Gasteiger partial charge in [0.05, 0.1) is 5.56 Å². The first-order chi connectivity index (χ1) is 9.04. The summed E-state index contributed by atoms with van der Waals surface area (Å²) < 4.78 is 36.5. The van der Waals surface area contributed by atoms with E-state index in [9.17, 15) is 13.2 Å². The zero-order chi connectivity index (χ0) is 15.9. The number of alkyl halides is 3. The van der Waals surface area contributed by atoms with Crippen LogP contribution in [0.2, 0.25) is 0 Å². The second-order valence-electron chi connectivity index (χ2n) is 2.69. The molecule has 112 valence electrons. The predicted molar refractivity (Wildman–Crippen MR) is 79.4 cm³/mol.